The van der Waals surface area contributed by atoms with Crippen molar-refractivity contribution in [2.75, 3.05) is 6.54 Å². The third-order valence-corrected chi connectivity index (χ3v) is 9.47. The molecule has 0 saturated carbocycles. The molecule has 0 atom stereocenters. The van der Waals surface area contributed by atoms with Gasteiger partial charge in [0.1, 0.15) is 0 Å². The second-order valence-corrected chi connectivity index (χ2v) is 11.7. The van der Waals surface area contributed by atoms with Gasteiger partial charge < -0.3 is 0 Å². The van der Waals surface area contributed by atoms with Crippen molar-refractivity contribution in [2.24, 2.45) is 5.92 Å². The Morgan fingerprint density at radius 1 is 1.12 bits per heavy atom. The van der Waals surface area contributed by atoms with Crippen LogP contribution in [0, 0.1) is 5.92 Å². The fourth-order valence-corrected chi connectivity index (χ4v) is 8.23. The van der Waals surface area contributed by atoms with Gasteiger partial charge in [0.15, 0.2) is 0 Å². The Balaban J connectivity index is 3.89. The Hall–Kier alpha value is 0.260. The van der Waals surface area contributed by atoms with Crippen molar-refractivity contribution in [1.82, 2.24) is 5.32 Å². The van der Waals surface area contributed by atoms with Crippen LogP contribution in [0.4, 0.5) is 0 Å². The molecule has 0 spiro atoms. The van der Waals surface area contributed by atoms with Gasteiger partial charge in [-0.1, -0.05) is 0 Å². The van der Waals surface area contributed by atoms with Crippen molar-refractivity contribution < 1.29 is 4.79 Å². The summed E-state index contributed by atoms with van der Waals surface area (Å²) in [6.45, 7) is 9.62. The van der Waals surface area contributed by atoms with Gasteiger partial charge >= 0.3 is 115 Å². The van der Waals surface area contributed by atoms with E-state index in [4.69, 9.17) is 0 Å². The molecule has 0 aromatic heterocycles. The summed E-state index contributed by atoms with van der Waals surface area (Å²) >= 11 is -1.12. The van der Waals surface area contributed by atoms with Gasteiger partial charge in [0.2, 0.25) is 0 Å². The van der Waals surface area contributed by atoms with Crippen LogP contribution in [0.5, 0.6) is 0 Å². The number of carbonyl (C=O) groups is 1. The number of carbonyl (C=O) groups excluding carboxylic acids is 1. The van der Waals surface area contributed by atoms with Crippen LogP contribution in [-0.4, -0.2) is 32.0 Å². The Bertz CT molecular complexity index is 187. The molecule has 0 heterocycles. The molecule has 0 aromatic rings. The molecule has 17 heavy (non-hydrogen) atoms. The van der Waals surface area contributed by atoms with Gasteiger partial charge in [0.05, 0.1) is 0 Å². The van der Waals surface area contributed by atoms with Gasteiger partial charge in [0, 0.05) is 0 Å². The van der Waals surface area contributed by atoms with Crippen LogP contribution < -0.4 is 5.32 Å². The molecule has 0 radical (unpaired) electrons. The van der Waals surface area contributed by atoms with Crippen molar-refractivity contribution in [1.29, 1.82) is 0 Å². The fourth-order valence-electron chi connectivity index (χ4n) is 1.50. The summed E-state index contributed by atoms with van der Waals surface area (Å²) in [6, 6.07) is 0. The first kappa shape index (κ1) is 17.3. The van der Waals surface area contributed by atoms with Crippen molar-refractivity contribution in [2.45, 2.75) is 66.8 Å². The van der Waals surface area contributed by atoms with Gasteiger partial charge in [-0.15, -0.1) is 0 Å². The van der Waals surface area contributed by atoms with Crippen LogP contribution in [0.25, 0.3) is 0 Å². The quantitative estimate of drug-likeness (QED) is 0.592. The van der Waals surface area contributed by atoms with E-state index < -0.39 is 19.6 Å². The zero-order valence-corrected chi connectivity index (χ0v) is 14.4. The molecule has 3 heteroatoms. The maximum atomic E-state index is 11.8. The summed E-state index contributed by atoms with van der Waals surface area (Å²) in [5.41, 5.74) is 0. The molecule has 1 amide bonds. The first-order valence-corrected chi connectivity index (χ1v) is 11.9. The second-order valence-electron chi connectivity index (χ2n) is 5.07. The first-order chi connectivity index (χ1) is 8.10. The molecule has 0 fully saturated rings. The molecular formula is C14H30NOTe+. The Kier molecular flexibility index (Phi) is 11.5. The van der Waals surface area contributed by atoms with Crippen LogP contribution in [0.15, 0.2) is 0 Å². The summed E-state index contributed by atoms with van der Waals surface area (Å²) in [7, 11) is 0. The van der Waals surface area contributed by atoms with E-state index in [0.29, 0.717) is 11.8 Å². The molecular weight excluding hydrogens is 326 g/mol. The van der Waals surface area contributed by atoms with E-state index in [1.54, 1.807) is 0 Å². The van der Waals surface area contributed by atoms with Gasteiger partial charge in [-0.2, -0.15) is 0 Å². The van der Waals surface area contributed by atoms with E-state index >= 15 is 0 Å². The van der Waals surface area contributed by atoms with E-state index in [1.807, 2.05) is 0 Å². The predicted molar refractivity (Wildman–Crippen MR) is 77.8 cm³/mol. The predicted octanol–water partition coefficient (Wildman–Crippen LogP) is 3.85. The maximum absolute atomic E-state index is 11.8. The monoisotopic (exact) mass is 358 g/mol. The van der Waals surface area contributed by atoms with Gasteiger partial charge in [0.25, 0.3) is 0 Å². The average Bonchev–Trinajstić information content (AvgIpc) is 2.30. The van der Waals surface area contributed by atoms with Crippen molar-refractivity contribution in [3.8, 4) is 0 Å². The normalized spacial score (nSPS) is 11.2. The third-order valence-electron chi connectivity index (χ3n) is 2.62. The van der Waals surface area contributed by atoms with Crippen molar-refractivity contribution >= 4 is 25.5 Å². The van der Waals surface area contributed by atoms with E-state index in [0.717, 1.165) is 11.0 Å². The number of rotatable bonds is 10. The average molecular weight is 356 g/mol. The second kappa shape index (κ2) is 11.4. The first-order valence-electron chi connectivity index (χ1n) is 7.00. The Morgan fingerprint density at radius 3 is 2.06 bits per heavy atom. The summed E-state index contributed by atoms with van der Waals surface area (Å²) < 4.78 is 3.67. The standard InChI is InChI=1S/C14H29NOTe/c1-5-7-9-17(10-8-6-2)12-14(16)15-11-13(3)4/h13H,5-12H2,1-4H3/p+1. The topological polar surface area (TPSA) is 29.1 Å². The van der Waals surface area contributed by atoms with Crippen LogP contribution in [0.3, 0.4) is 0 Å². The van der Waals surface area contributed by atoms with Crippen molar-refractivity contribution in [3.05, 3.63) is 0 Å². The van der Waals surface area contributed by atoms with Crippen LogP contribution >= 0.6 is 0 Å². The number of hydrogen-bond donors (Lipinski definition) is 1. The van der Waals surface area contributed by atoms with Gasteiger partial charge in [-0.25, -0.2) is 0 Å². The molecule has 0 aliphatic carbocycles. The van der Waals surface area contributed by atoms with Gasteiger partial charge in [-0.3, -0.25) is 0 Å². The minimum absolute atomic E-state index is 0.322. The molecule has 0 bridgehead atoms. The number of amides is 1. The van der Waals surface area contributed by atoms with Crippen LogP contribution in [-0.2, 0) is 4.79 Å². The molecule has 0 unspecified atom stereocenters. The SMILES string of the molecule is CCCC[Te+](CCCC)CC(=O)NCC(C)C. The molecule has 0 aromatic carbocycles. The molecule has 1 N–H and O–H groups in total. The van der Waals surface area contributed by atoms with E-state index in [-0.39, 0.29) is 0 Å². The minimum atomic E-state index is -1.12. The summed E-state index contributed by atoms with van der Waals surface area (Å²) in [6.07, 6.45) is 5.21. The summed E-state index contributed by atoms with van der Waals surface area (Å²) in [4.78, 5) is 11.8. The van der Waals surface area contributed by atoms with Gasteiger partial charge in [-0.05, 0) is 0 Å². The Labute approximate surface area is 115 Å². The third kappa shape index (κ3) is 11.1. The van der Waals surface area contributed by atoms with E-state index in [1.165, 1.54) is 34.6 Å². The number of nitrogens with one attached hydrogen (secondary N) is 1. The molecule has 0 aliphatic rings. The zero-order chi connectivity index (χ0) is 13.1. The van der Waals surface area contributed by atoms with Crippen LogP contribution in [0.1, 0.15) is 53.4 Å². The Morgan fingerprint density at radius 2 is 1.65 bits per heavy atom. The molecule has 102 valence electrons. The molecule has 2 nitrogen and oxygen atoms in total. The van der Waals surface area contributed by atoms with Crippen LogP contribution in [0.2, 0.25) is 13.4 Å². The molecule has 0 aliphatic heterocycles. The number of unbranched alkanes of at least 4 members (excludes halogenated alkanes) is 2. The summed E-state index contributed by atoms with van der Waals surface area (Å²) in [5.74, 6) is 0.886. The number of hydrogen-bond acceptors (Lipinski definition) is 1. The molecule has 0 rings (SSSR count). The fraction of sp³-hybridized carbons (Fsp3) is 0.929. The zero-order valence-electron chi connectivity index (χ0n) is 12.1. The molecule has 0 saturated heterocycles. The van der Waals surface area contributed by atoms with E-state index in [9.17, 15) is 4.79 Å². The van der Waals surface area contributed by atoms with Crippen molar-refractivity contribution in [3.63, 3.8) is 0 Å². The summed E-state index contributed by atoms with van der Waals surface area (Å²) in [5, 5.41) is 3.07. The van der Waals surface area contributed by atoms with E-state index in [2.05, 4.69) is 33.0 Å².